The molecule has 0 fully saturated rings. The van der Waals surface area contributed by atoms with Crippen molar-refractivity contribution in [2.45, 2.75) is 18.4 Å². The number of nitrogens with one attached hydrogen (secondary N) is 1. The Balaban J connectivity index is 1.75. The van der Waals surface area contributed by atoms with Crippen LogP contribution in [0.25, 0.3) is 11.4 Å². The van der Waals surface area contributed by atoms with Crippen LogP contribution in [0.3, 0.4) is 0 Å². The molecule has 24 heavy (non-hydrogen) atoms. The summed E-state index contributed by atoms with van der Waals surface area (Å²) < 4.78 is 45.1. The first kappa shape index (κ1) is 16.2. The zero-order chi connectivity index (χ0) is 17.2. The Morgan fingerprint density at radius 2 is 1.96 bits per heavy atom. The minimum Gasteiger partial charge on any atom is -0.338 e. The van der Waals surface area contributed by atoms with Crippen molar-refractivity contribution in [2.75, 3.05) is 0 Å². The van der Waals surface area contributed by atoms with Gasteiger partial charge in [-0.05, 0) is 42.8 Å². The predicted octanol–water partition coefficient (Wildman–Crippen LogP) is 2.06. The van der Waals surface area contributed by atoms with E-state index in [1.165, 1.54) is 12.1 Å². The third kappa shape index (κ3) is 3.63. The number of halogens is 1. The summed E-state index contributed by atoms with van der Waals surface area (Å²) in [5.74, 6) is -0.195. The zero-order valence-corrected chi connectivity index (χ0v) is 13.4. The second-order valence-electron chi connectivity index (χ2n) is 5.04. The highest BCUT2D eigenvalue weighted by atomic mass is 32.2. The minimum atomic E-state index is -3.89. The Labute approximate surface area is 137 Å². The molecule has 0 aliphatic rings. The van der Waals surface area contributed by atoms with Crippen molar-refractivity contribution in [2.24, 2.45) is 0 Å². The van der Waals surface area contributed by atoms with Crippen molar-refractivity contribution in [1.82, 2.24) is 19.8 Å². The van der Waals surface area contributed by atoms with Gasteiger partial charge in [0, 0.05) is 18.0 Å². The molecule has 2 heterocycles. The Hall–Kier alpha value is -2.65. The number of aromatic nitrogens is 3. The van der Waals surface area contributed by atoms with Gasteiger partial charge in [0.25, 0.3) is 0 Å². The monoisotopic (exact) mass is 348 g/mol. The van der Waals surface area contributed by atoms with E-state index in [-0.39, 0.29) is 17.3 Å². The first-order chi connectivity index (χ1) is 11.4. The van der Waals surface area contributed by atoms with Crippen molar-refractivity contribution in [3.05, 3.63) is 60.0 Å². The lowest BCUT2D eigenvalue weighted by Gasteiger charge is -2.05. The van der Waals surface area contributed by atoms with Gasteiger partial charge in [-0.15, -0.1) is 0 Å². The van der Waals surface area contributed by atoms with Crippen LogP contribution in [-0.2, 0) is 16.6 Å². The third-order valence-corrected chi connectivity index (χ3v) is 4.53. The zero-order valence-electron chi connectivity index (χ0n) is 12.6. The van der Waals surface area contributed by atoms with Crippen molar-refractivity contribution in [1.29, 1.82) is 0 Å². The maximum absolute atomic E-state index is 13.4. The molecule has 0 aliphatic carbocycles. The van der Waals surface area contributed by atoms with E-state index < -0.39 is 15.8 Å². The molecule has 0 saturated carbocycles. The molecule has 0 atom stereocenters. The molecule has 0 spiro atoms. The van der Waals surface area contributed by atoms with E-state index in [4.69, 9.17) is 4.52 Å². The van der Waals surface area contributed by atoms with E-state index in [1.54, 1.807) is 31.5 Å². The van der Waals surface area contributed by atoms with E-state index in [1.807, 2.05) is 0 Å². The third-order valence-electron chi connectivity index (χ3n) is 3.15. The Morgan fingerprint density at radius 1 is 1.21 bits per heavy atom. The van der Waals surface area contributed by atoms with Crippen molar-refractivity contribution in [3.8, 4) is 11.4 Å². The number of aryl methyl sites for hydroxylation is 1. The van der Waals surface area contributed by atoms with Gasteiger partial charge in [0.15, 0.2) is 0 Å². The second-order valence-corrected chi connectivity index (χ2v) is 6.80. The van der Waals surface area contributed by atoms with Crippen LogP contribution in [0.4, 0.5) is 4.39 Å². The van der Waals surface area contributed by atoms with E-state index in [0.29, 0.717) is 17.0 Å². The highest BCUT2D eigenvalue weighted by Crippen LogP contribution is 2.16. The number of hydrogen-bond donors (Lipinski definition) is 1. The molecule has 9 heteroatoms. The highest BCUT2D eigenvalue weighted by Gasteiger charge is 2.17. The van der Waals surface area contributed by atoms with Crippen molar-refractivity contribution >= 4 is 10.0 Å². The molecule has 3 aromatic rings. The summed E-state index contributed by atoms with van der Waals surface area (Å²) in [5.41, 5.74) is 1.21. The number of sulfonamides is 1. The van der Waals surface area contributed by atoms with Crippen LogP contribution in [0.5, 0.6) is 0 Å². The lowest BCUT2D eigenvalue weighted by molar-refractivity contribution is 0.376. The average Bonchev–Trinajstić information content (AvgIpc) is 3.02. The molecule has 0 unspecified atom stereocenters. The van der Waals surface area contributed by atoms with Gasteiger partial charge >= 0.3 is 0 Å². The maximum Gasteiger partial charge on any atom is 0.242 e. The maximum atomic E-state index is 13.4. The predicted molar refractivity (Wildman–Crippen MR) is 82.7 cm³/mol. The SMILES string of the molecule is Cc1cc(F)cc(S(=O)(=O)NCc2nc(-c3ccncc3)no2)c1. The van der Waals surface area contributed by atoms with Crippen LogP contribution >= 0.6 is 0 Å². The number of rotatable bonds is 5. The standard InChI is InChI=1S/C15H13FN4O3S/c1-10-6-12(16)8-13(7-10)24(21,22)18-9-14-19-15(20-23-14)11-2-4-17-5-3-11/h2-8,18H,9H2,1H3. The van der Waals surface area contributed by atoms with Crippen LogP contribution in [0, 0.1) is 12.7 Å². The number of benzene rings is 1. The quantitative estimate of drug-likeness (QED) is 0.758. The Morgan fingerprint density at radius 3 is 2.67 bits per heavy atom. The summed E-state index contributed by atoms with van der Waals surface area (Å²) in [5, 5.41) is 3.78. The summed E-state index contributed by atoms with van der Waals surface area (Å²) >= 11 is 0. The Kier molecular flexibility index (Phi) is 4.36. The second kappa shape index (κ2) is 6.46. The van der Waals surface area contributed by atoms with Gasteiger partial charge in [-0.3, -0.25) is 4.98 Å². The van der Waals surface area contributed by atoms with Crippen LogP contribution < -0.4 is 4.72 Å². The number of pyridine rings is 1. The molecule has 0 radical (unpaired) electrons. The summed E-state index contributed by atoms with van der Waals surface area (Å²) in [6.45, 7) is 1.41. The van der Waals surface area contributed by atoms with E-state index >= 15 is 0 Å². The van der Waals surface area contributed by atoms with E-state index in [2.05, 4.69) is 19.8 Å². The molecule has 1 aromatic carbocycles. The molecular weight excluding hydrogens is 335 g/mol. The van der Waals surface area contributed by atoms with Gasteiger partial charge in [-0.1, -0.05) is 5.16 Å². The van der Waals surface area contributed by atoms with Gasteiger partial charge < -0.3 is 4.52 Å². The fraction of sp³-hybridized carbons (Fsp3) is 0.133. The molecule has 0 saturated heterocycles. The van der Waals surface area contributed by atoms with Crippen LogP contribution in [0.1, 0.15) is 11.5 Å². The smallest absolute Gasteiger partial charge is 0.242 e. The molecule has 1 N–H and O–H groups in total. The number of hydrogen-bond acceptors (Lipinski definition) is 6. The van der Waals surface area contributed by atoms with Crippen molar-refractivity contribution in [3.63, 3.8) is 0 Å². The first-order valence-corrected chi connectivity index (χ1v) is 8.42. The normalized spacial score (nSPS) is 11.6. The summed E-state index contributed by atoms with van der Waals surface area (Å²) in [6, 6.07) is 6.98. The molecule has 0 aliphatic heterocycles. The highest BCUT2D eigenvalue weighted by molar-refractivity contribution is 7.89. The summed E-state index contributed by atoms with van der Waals surface area (Å²) in [7, 11) is -3.89. The minimum absolute atomic E-state index is 0.0958. The molecule has 0 bridgehead atoms. The molecule has 0 amide bonds. The van der Waals surface area contributed by atoms with Gasteiger partial charge in [0.2, 0.25) is 21.7 Å². The lowest BCUT2D eigenvalue weighted by atomic mass is 10.2. The average molecular weight is 348 g/mol. The fourth-order valence-corrected chi connectivity index (χ4v) is 3.13. The van der Waals surface area contributed by atoms with Crippen LogP contribution in [0.2, 0.25) is 0 Å². The summed E-state index contributed by atoms with van der Waals surface area (Å²) in [4.78, 5) is 7.83. The summed E-state index contributed by atoms with van der Waals surface area (Å²) in [6.07, 6.45) is 3.17. The lowest BCUT2D eigenvalue weighted by Crippen LogP contribution is -2.23. The van der Waals surface area contributed by atoms with Gasteiger partial charge in [0.05, 0.1) is 11.4 Å². The van der Waals surface area contributed by atoms with E-state index in [9.17, 15) is 12.8 Å². The van der Waals surface area contributed by atoms with Gasteiger partial charge in [0.1, 0.15) is 5.82 Å². The largest absolute Gasteiger partial charge is 0.338 e. The molecule has 124 valence electrons. The number of nitrogens with zero attached hydrogens (tertiary/aromatic N) is 3. The molecular formula is C15H13FN4O3S. The topological polar surface area (TPSA) is 98.0 Å². The van der Waals surface area contributed by atoms with Crippen LogP contribution in [-0.4, -0.2) is 23.5 Å². The molecule has 7 nitrogen and oxygen atoms in total. The van der Waals surface area contributed by atoms with E-state index in [0.717, 1.165) is 6.07 Å². The van der Waals surface area contributed by atoms with Gasteiger partial charge in [-0.25, -0.2) is 17.5 Å². The fourth-order valence-electron chi connectivity index (χ4n) is 2.04. The molecule has 3 rings (SSSR count). The Bertz CT molecular complexity index is 938. The van der Waals surface area contributed by atoms with Crippen LogP contribution in [0.15, 0.2) is 52.1 Å². The van der Waals surface area contributed by atoms with Gasteiger partial charge in [-0.2, -0.15) is 4.98 Å². The first-order valence-electron chi connectivity index (χ1n) is 6.94. The van der Waals surface area contributed by atoms with Crippen molar-refractivity contribution < 1.29 is 17.3 Å². The molecule has 2 aromatic heterocycles.